The largest absolute Gasteiger partial charge is 0.394 e. The number of aliphatic hydroxyl groups excluding tert-OH is 1. The van der Waals surface area contributed by atoms with Gasteiger partial charge in [0.25, 0.3) is 0 Å². The topological polar surface area (TPSA) is 578 Å². The van der Waals surface area contributed by atoms with Crippen LogP contribution in [0.15, 0.2) is 104 Å². The Morgan fingerprint density at radius 1 is 0.570 bits per heavy atom. The van der Waals surface area contributed by atoms with Gasteiger partial charge in [0, 0.05) is 119 Å². The lowest BCUT2D eigenvalue weighted by Crippen LogP contribution is -2.61. The Kier molecular flexibility index (Phi) is 38.6. The van der Waals surface area contributed by atoms with E-state index in [9.17, 15) is 57.8 Å². The number of carbonyl (C=O) groups is 16. The summed E-state index contributed by atoms with van der Waals surface area (Å²) in [4.78, 5) is 252. The van der Waals surface area contributed by atoms with Crippen molar-refractivity contribution in [1.29, 1.82) is 5.41 Å². The quantitative estimate of drug-likeness (QED) is 0.0189. The summed E-state index contributed by atoms with van der Waals surface area (Å²) in [6, 6.07) is 5.58. The average Bonchev–Trinajstić information content (AvgIpc) is 1.65. The van der Waals surface area contributed by atoms with E-state index in [0.29, 0.717) is 76.3 Å². The zero-order valence-electron chi connectivity index (χ0n) is 73.8. The van der Waals surface area contributed by atoms with Crippen LogP contribution in [0.1, 0.15) is 128 Å². The van der Waals surface area contributed by atoms with Crippen molar-refractivity contribution in [2.45, 2.75) is 203 Å². The van der Waals surface area contributed by atoms with Crippen molar-refractivity contribution >= 4 is 134 Å². The molecule has 0 radical (unpaired) electrons. The molecule has 2 aliphatic rings. The van der Waals surface area contributed by atoms with Crippen LogP contribution in [0.3, 0.4) is 0 Å². The number of guanidine groups is 1. The van der Waals surface area contributed by atoms with Crippen molar-refractivity contribution < 1.29 is 81.8 Å². The molecule has 6 aromatic rings. The number of primary amides is 1. The number of nitrogens with two attached hydrogens (primary N) is 2. The molecule has 3 aromatic carbocycles. The molecule has 694 valence electrons. The van der Waals surface area contributed by atoms with Gasteiger partial charge in [0.15, 0.2) is 5.96 Å². The minimum absolute atomic E-state index is 0.0120. The fraction of sp³-hybridized carbons (Fsp3) is 0.517. The maximum absolute atomic E-state index is 15.7. The molecule has 41 heteroatoms. The number of likely N-dealkylation sites (N-methyl/N-ethyl adjacent to an activating group) is 4. The van der Waals surface area contributed by atoms with Crippen LogP contribution in [0.2, 0.25) is 0 Å². The van der Waals surface area contributed by atoms with Crippen molar-refractivity contribution in [3.63, 3.8) is 0 Å². The fourth-order valence-electron chi connectivity index (χ4n) is 15.3. The number of thioether (sulfide) groups is 1. The molecule has 2 aliphatic heterocycles. The van der Waals surface area contributed by atoms with Gasteiger partial charge in [-0.3, -0.25) is 82.1 Å². The highest BCUT2D eigenvalue weighted by Crippen LogP contribution is 2.26. The first kappa shape index (κ1) is 100. The number of benzene rings is 3. The predicted octanol–water partition coefficient (Wildman–Crippen LogP) is -1.38. The van der Waals surface area contributed by atoms with E-state index >= 15 is 24.0 Å². The third-order valence-electron chi connectivity index (χ3n) is 22.6. The van der Waals surface area contributed by atoms with Crippen molar-refractivity contribution in [1.82, 2.24) is 103 Å². The maximum atomic E-state index is 15.7. The highest BCUT2D eigenvalue weighted by atomic mass is 32.2. The number of rotatable bonds is 24. The van der Waals surface area contributed by atoms with Crippen molar-refractivity contribution in [2.75, 3.05) is 79.0 Å². The Hall–Kier alpha value is -13.0. The van der Waals surface area contributed by atoms with Crippen molar-refractivity contribution in [2.24, 2.45) is 17.4 Å². The van der Waals surface area contributed by atoms with Crippen molar-refractivity contribution in [3.05, 3.63) is 126 Å². The van der Waals surface area contributed by atoms with E-state index in [1.54, 1.807) is 105 Å². The zero-order valence-corrected chi connectivity index (χ0v) is 74.6. The lowest BCUT2D eigenvalue weighted by Gasteiger charge is -2.36. The molecule has 0 unspecified atom stereocenters. The van der Waals surface area contributed by atoms with E-state index in [0.717, 1.165) is 26.5 Å². The molecule has 40 nitrogen and oxygen atoms in total. The Morgan fingerprint density at radius 3 is 1.73 bits per heavy atom. The Bertz CT molecular complexity index is 4870. The molecule has 128 heavy (non-hydrogen) atoms. The van der Waals surface area contributed by atoms with Gasteiger partial charge in [-0.25, -0.2) is 4.98 Å². The van der Waals surface area contributed by atoms with E-state index in [2.05, 4.69) is 78.4 Å². The van der Waals surface area contributed by atoms with Crippen LogP contribution < -0.4 is 70.0 Å². The van der Waals surface area contributed by atoms with Crippen LogP contribution in [0.25, 0.3) is 21.8 Å². The third kappa shape index (κ3) is 29.0. The molecule has 2 fully saturated rings. The van der Waals surface area contributed by atoms with Gasteiger partial charge < -0.3 is 115 Å². The van der Waals surface area contributed by atoms with Gasteiger partial charge in [-0.05, 0) is 86.6 Å². The molecule has 16 amide bonds. The highest BCUT2D eigenvalue weighted by Gasteiger charge is 2.42. The van der Waals surface area contributed by atoms with Crippen LogP contribution >= 0.6 is 11.8 Å². The summed E-state index contributed by atoms with van der Waals surface area (Å²) < 4.78 is 0. The first-order valence-corrected chi connectivity index (χ1v) is 44.2. The van der Waals surface area contributed by atoms with E-state index < -0.39 is 205 Å². The third-order valence-corrected chi connectivity index (χ3v) is 23.6. The van der Waals surface area contributed by atoms with Gasteiger partial charge in [0.2, 0.25) is 94.5 Å². The smallest absolute Gasteiger partial charge is 0.245 e. The fourth-order valence-corrected chi connectivity index (χ4v) is 16.2. The minimum Gasteiger partial charge on any atom is -0.394 e. The molecular formula is C87H123N23O17S. The number of aromatic nitrogens is 4. The number of unbranched alkanes of at least 4 members (excludes halogenated alkanes) is 2. The Morgan fingerprint density at radius 2 is 1.12 bits per heavy atom. The molecule has 0 aliphatic carbocycles. The standard InChI is InChI=1S/C87H123N23O17S/c1-10-12-30-68-81(122)100-60(29-21-33-92-87(89)90)77(118)105-67(76(117)95-43-71(88)112)47-128-48-73(114)99-64(36-52-23-15-14-16-24-52)84(125)107(7)51(5)75(116)96-44-74(115)110-34-22-32-69(110)82(123)101-62(39-55-42-91-49-97-55)79(120)102-63(35-50(3)4)83(124)106(6)45-72(113)98-61(37-53-40-93-58-27-19-17-25-56(53)58)78(119)104-66(46-111)80(121)103-65(38-54-41-94-59-28-20-18-26-57(54)59)85(126)109(9)70(31-13-11-2)86(127)108(68)8/h14-20,23-28,40-42,49-51,60-70,93-94,111H,10-13,21-22,29-39,43-48H2,1-9H3,(H2,88,112)(H,91,97)(H,95,117)(H,96,116)(H,98,113)(H,99,114)(H,100,122)(H,101,123)(H,102,120)(H,103,121)(H,104,119)(H,105,118)(H4,89,90,92)/t51-,60-,61-,62-,63-,64-,65-,66-,67-,68-,69-,70-/m0/s1. The van der Waals surface area contributed by atoms with Crippen molar-refractivity contribution in [3.8, 4) is 0 Å². The molecule has 0 spiro atoms. The number of para-hydroxylation sites is 2. The highest BCUT2D eigenvalue weighted by molar-refractivity contribution is 8.00. The molecule has 3 aromatic heterocycles. The van der Waals surface area contributed by atoms with Crippen LogP contribution in [-0.2, 0) is 102 Å². The summed E-state index contributed by atoms with van der Waals surface area (Å²) in [5.41, 5.74) is 14.5. The number of imidazole rings is 1. The lowest BCUT2D eigenvalue weighted by molar-refractivity contribution is -0.149. The second kappa shape index (κ2) is 49.2. The zero-order chi connectivity index (χ0) is 93.4. The van der Waals surface area contributed by atoms with Crippen LogP contribution in [0.5, 0.6) is 0 Å². The summed E-state index contributed by atoms with van der Waals surface area (Å²) in [6.45, 7) is 5.66. The average molecular weight is 1800 g/mol. The molecule has 5 heterocycles. The SMILES string of the molecule is CCCC[C@H]1C(=O)N(C)[C@@H](CCCC)C(=O)N[C@@H](CCCNC(=N)N)C(=O)N[C@H](C(=O)NCC(N)=O)CSCC(=O)N[C@@H](Cc2ccccc2)C(=O)N(C)[C@@H](C)C(=O)NCC(=O)N2CCC[C@H]2C(=O)N[C@@H](Cc2cnc[nH]2)C(=O)N[C@@H](CC(C)C)C(=O)N(C)CC(=O)N[C@@H](Cc2c[nH]c3ccccc23)C(=O)N[C@@H](CO)C(=O)N[C@@H](Cc2c[nH]c3ccccc23)C(=O)N1C. The first-order valence-electron chi connectivity index (χ1n) is 43.1. The van der Waals surface area contributed by atoms with Crippen LogP contribution in [0, 0.1) is 11.3 Å². The summed E-state index contributed by atoms with van der Waals surface area (Å²) in [5, 5.41) is 49.6. The molecular weight excluding hydrogens is 1670 g/mol. The van der Waals surface area contributed by atoms with E-state index in [1.165, 1.54) is 57.4 Å². The Balaban J connectivity index is 1.16. The molecule has 0 saturated carbocycles. The second-order valence-electron chi connectivity index (χ2n) is 32.7. The number of fused-ring (bicyclic) bond motifs is 3. The minimum atomic E-state index is -1.83. The summed E-state index contributed by atoms with van der Waals surface area (Å²) in [7, 11) is 5.36. The number of amides is 16. The van der Waals surface area contributed by atoms with Gasteiger partial charge >= 0.3 is 0 Å². The number of H-pyrrole nitrogens is 3. The summed E-state index contributed by atoms with van der Waals surface area (Å²) >= 11 is 0.828. The number of aliphatic hydroxyl groups is 1. The lowest BCUT2D eigenvalue weighted by atomic mass is 10.00. The predicted molar refractivity (Wildman–Crippen MR) is 477 cm³/mol. The Labute approximate surface area is 746 Å². The summed E-state index contributed by atoms with van der Waals surface area (Å²) in [6.07, 6.45) is 7.44. The second-order valence-corrected chi connectivity index (χ2v) is 33.7. The maximum Gasteiger partial charge on any atom is 0.245 e. The molecule has 0 bridgehead atoms. The first-order chi connectivity index (χ1) is 61.1. The van der Waals surface area contributed by atoms with Crippen LogP contribution in [-0.4, -0.2) is 302 Å². The normalized spacial score (nSPS) is 23.3. The molecule has 20 N–H and O–H groups in total. The van der Waals surface area contributed by atoms with Gasteiger partial charge in [-0.2, -0.15) is 0 Å². The van der Waals surface area contributed by atoms with E-state index in [4.69, 9.17) is 16.9 Å². The van der Waals surface area contributed by atoms with E-state index in [-0.39, 0.29) is 89.0 Å². The number of hydrogen-bond acceptors (Lipinski definition) is 20. The summed E-state index contributed by atoms with van der Waals surface area (Å²) in [5.74, 6) is -15.0. The number of hydrogen-bond donors (Lipinski definition) is 18. The number of carbonyl (C=O) groups excluding carboxylic acids is 16. The van der Waals surface area contributed by atoms with Gasteiger partial charge in [-0.15, -0.1) is 11.8 Å². The van der Waals surface area contributed by atoms with Gasteiger partial charge in [0.1, 0.15) is 72.5 Å². The molecule has 8 rings (SSSR count). The van der Waals surface area contributed by atoms with Crippen LogP contribution in [0.4, 0.5) is 0 Å². The number of aromatic amines is 3. The molecule has 2 saturated heterocycles. The number of nitrogens with zero attached hydrogens (tertiary/aromatic N) is 6. The molecule has 12 atom stereocenters. The van der Waals surface area contributed by atoms with Gasteiger partial charge in [-0.1, -0.05) is 120 Å². The number of nitrogens with one attached hydrogen (secondary N) is 15. The monoisotopic (exact) mass is 1790 g/mol. The van der Waals surface area contributed by atoms with E-state index in [1.807, 2.05) is 13.8 Å². The van der Waals surface area contributed by atoms with Gasteiger partial charge in [0.05, 0.1) is 38.3 Å².